The number of piperazine rings is 1. The van der Waals surface area contributed by atoms with E-state index in [9.17, 15) is 4.79 Å². The number of rotatable bonds is 5. The molecular weight excluding hydrogens is 394 g/mol. The van der Waals surface area contributed by atoms with Crippen molar-refractivity contribution in [1.29, 1.82) is 0 Å². The molecule has 7 heteroatoms. The summed E-state index contributed by atoms with van der Waals surface area (Å²) in [6.45, 7) is 4.43. The second kappa shape index (κ2) is 8.29. The molecule has 1 fully saturated rings. The lowest BCUT2D eigenvalue weighted by molar-refractivity contribution is -0.137. The number of hydrogen-bond donors (Lipinski definition) is 2. The lowest BCUT2D eigenvalue weighted by atomic mass is 10.0. The van der Waals surface area contributed by atoms with E-state index in [1.54, 1.807) is 6.07 Å². The van der Waals surface area contributed by atoms with Crippen molar-refractivity contribution in [3.63, 3.8) is 0 Å². The van der Waals surface area contributed by atoms with Crippen LogP contribution in [0.1, 0.15) is 5.56 Å². The van der Waals surface area contributed by atoms with Crippen molar-refractivity contribution in [2.24, 2.45) is 0 Å². The van der Waals surface area contributed by atoms with Crippen LogP contribution in [0.25, 0.3) is 22.2 Å². The van der Waals surface area contributed by atoms with Gasteiger partial charge in [0.15, 0.2) is 11.3 Å². The zero-order valence-corrected chi connectivity index (χ0v) is 17.0. The minimum atomic E-state index is -0.419. The number of hydrogen-bond acceptors (Lipinski definition) is 6. The van der Waals surface area contributed by atoms with Crippen LogP contribution in [0.4, 0.5) is 5.69 Å². The van der Waals surface area contributed by atoms with E-state index in [1.807, 2.05) is 36.4 Å². The Labute approximate surface area is 179 Å². The molecule has 0 atom stereocenters. The molecule has 7 nitrogen and oxygen atoms in total. The van der Waals surface area contributed by atoms with Gasteiger partial charge in [0.25, 0.3) is 0 Å². The van der Waals surface area contributed by atoms with E-state index < -0.39 is 5.76 Å². The lowest BCUT2D eigenvalue weighted by Gasteiger charge is -2.36. The predicted molar refractivity (Wildman–Crippen MR) is 119 cm³/mol. The summed E-state index contributed by atoms with van der Waals surface area (Å²) in [7, 11) is 0. The van der Waals surface area contributed by atoms with Gasteiger partial charge in [0.2, 0.25) is 0 Å². The average Bonchev–Trinajstić information content (AvgIpc) is 3.20. The second-order valence-corrected chi connectivity index (χ2v) is 7.75. The summed E-state index contributed by atoms with van der Waals surface area (Å²) in [4.78, 5) is 23.4. The van der Waals surface area contributed by atoms with E-state index in [2.05, 4.69) is 43.9 Å². The molecule has 1 aliphatic rings. The number of H-pyrrole nitrogens is 1. The Morgan fingerprint density at radius 3 is 2.48 bits per heavy atom. The zero-order chi connectivity index (χ0) is 21.2. The summed E-state index contributed by atoms with van der Waals surface area (Å²) in [6.07, 6.45) is 0. The molecule has 0 spiro atoms. The standard InChI is InChI=1S/C24H23N3O4/c28-24-25-21-8-3-9-22(23(21)30-24)27-12-10-26(11-13-27)16-17-4-1-5-18(14-17)19-6-2-7-20(15-19)31-29/h1-9,14-15,29H,10-13,16H2,(H,25,28). The molecule has 0 aliphatic carbocycles. The van der Waals surface area contributed by atoms with Crippen molar-refractivity contribution in [2.75, 3.05) is 31.1 Å². The number of fused-ring (bicyclic) bond motifs is 1. The molecule has 3 aromatic carbocycles. The molecule has 4 aromatic rings. The highest BCUT2D eigenvalue weighted by atomic mass is 17.1. The van der Waals surface area contributed by atoms with Gasteiger partial charge in [-0.1, -0.05) is 36.4 Å². The van der Waals surface area contributed by atoms with E-state index in [-0.39, 0.29) is 0 Å². The predicted octanol–water partition coefficient (Wildman–Crippen LogP) is 3.96. The van der Waals surface area contributed by atoms with Crippen LogP contribution in [0, 0.1) is 0 Å². The number of anilines is 1. The Hall–Kier alpha value is -3.55. The smallest absolute Gasteiger partial charge is 0.406 e. The first-order chi connectivity index (χ1) is 15.2. The van der Waals surface area contributed by atoms with E-state index in [0.717, 1.165) is 55.1 Å². The van der Waals surface area contributed by atoms with Crippen LogP contribution < -0.4 is 15.5 Å². The van der Waals surface area contributed by atoms with Gasteiger partial charge < -0.3 is 14.2 Å². The van der Waals surface area contributed by atoms with E-state index in [1.165, 1.54) is 5.56 Å². The van der Waals surface area contributed by atoms with Crippen LogP contribution >= 0.6 is 0 Å². The molecule has 0 bridgehead atoms. The maximum absolute atomic E-state index is 11.6. The van der Waals surface area contributed by atoms with Crippen molar-refractivity contribution in [1.82, 2.24) is 9.88 Å². The van der Waals surface area contributed by atoms with E-state index >= 15 is 0 Å². The SMILES string of the molecule is O=c1[nH]c2cccc(N3CCN(Cc4cccc(-c5cccc(OO)c5)c4)CC3)c2o1. The molecule has 0 amide bonds. The Kier molecular flexibility index (Phi) is 5.19. The molecule has 2 N–H and O–H groups in total. The highest BCUT2D eigenvalue weighted by molar-refractivity contribution is 5.86. The van der Waals surface area contributed by atoms with Gasteiger partial charge in [0.05, 0.1) is 11.2 Å². The van der Waals surface area contributed by atoms with Gasteiger partial charge in [-0.25, -0.2) is 10.1 Å². The maximum atomic E-state index is 11.6. The highest BCUT2D eigenvalue weighted by Gasteiger charge is 2.20. The summed E-state index contributed by atoms with van der Waals surface area (Å²) in [6, 6.07) is 21.6. The summed E-state index contributed by atoms with van der Waals surface area (Å²) in [5.41, 5.74) is 5.65. The first-order valence-electron chi connectivity index (χ1n) is 10.3. The molecule has 2 heterocycles. The molecule has 158 valence electrons. The van der Waals surface area contributed by atoms with Crippen LogP contribution in [-0.2, 0) is 6.54 Å². The third kappa shape index (κ3) is 4.05. The number of benzene rings is 3. The van der Waals surface area contributed by atoms with Gasteiger partial charge in [0.1, 0.15) is 0 Å². The molecule has 1 aliphatic heterocycles. The van der Waals surface area contributed by atoms with Crippen molar-refractivity contribution >= 4 is 16.8 Å². The number of nitrogens with one attached hydrogen (secondary N) is 1. The minimum absolute atomic E-state index is 0.419. The van der Waals surface area contributed by atoms with Crippen molar-refractivity contribution in [3.8, 4) is 16.9 Å². The molecule has 5 rings (SSSR count). The Morgan fingerprint density at radius 2 is 1.68 bits per heavy atom. The van der Waals surface area contributed by atoms with Gasteiger partial charge in [-0.15, -0.1) is 0 Å². The molecule has 0 radical (unpaired) electrons. The molecule has 1 saturated heterocycles. The van der Waals surface area contributed by atoms with Crippen molar-refractivity contribution in [3.05, 3.63) is 82.8 Å². The third-order valence-electron chi connectivity index (χ3n) is 5.74. The Balaban J connectivity index is 1.27. The topological polar surface area (TPSA) is 81.9 Å². The number of aromatic amines is 1. The van der Waals surface area contributed by atoms with Crippen LogP contribution in [0.5, 0.6) is 5.75 Å². The normalized spacial score (nSPS) is 14.8. The lowest BCUT2D eigenvalue weighted by Crippen LogP contribution is -2.46. The summed E-state index contributed by atoms with van der Waals surface area (Å²) in [5, 5.41) is 8.91. The van der Waals surface area contributed by atoms with Gasteiger partial charge in [-0.3, -0.25) is 9.88 Å². The second-order valence-electron chi connectivity index (χ2n) is 7.75. The molecular formula is C24H23N3O4. The first kappa shape index (κ1) is 19.4. The van der Waals surface area contributed by atoms with Gasteiger partial charge in [-0.05, 0) is 47.0 Å². The maximum Gasteiger partial charge on any atom is 0.417 e. The third-order valence-corrected chi connectivity index (χ3v) is 5.74. The summed E-state index contributed by atoms with van der Waals surface area (Å²) in [5.74, 6) is 0.00403. The molecule has 1 aromatic heterocycles. The molecule has 0 saturated carbocycles. The quantitative estimate of drug-likeness (QED) is 0.378. The highest BCUT2D eigenvalue weighted by Crippen LogP contribution is 2.27. The Morgan fingerprint density at radius 1 is 0.935 bits per heavy atom. The summed E-state index contributed by atoms with van der Waals surface area (Å²) >= 11 is 0. The number of para-hydroxylation sites is 1. The van der Waals surface area contributed by atoms with Crippen molar-refractivity contribution in [2.45, 2.75) is 6.54 Å². The number of nitrogens with zero attached hydrogens (tertiary/aromatic N) is 2. The fourth-order valence-electron chi connectivity index (χ4n) is 4.19. The average molecular weight is 417 g/mol. The number of aromatic nitrogens is 1. The van der Waals surface area contributed by atoms with E-state index in [0.29, 0.717) is 11.3 Å². The van der Waals surface area contributed by atoms with Crippen molar-refractivity contribution < 1.29 is 14.6 Å². The molecule has 0 unspecified atom stereocenters. The fourth-order valence-corrected chi connectivity index (χ4v) is 4.19. The Bertz CT molecular complexity index is 1250. The zero-order valence-electron chi connectivity index (χ0n) is 17.0. The monoisotopic (exact) mass is 417 g/mol. The van der Waals surface area contributed by atoms with Crippen LogP contribution in [0.2, 0.25) is 0 Å². The van der Waals surface area contributed by atoms with Crippen LogP contribution in [-0.4, -0.2) is 41.3 Å². The van der Waals surface area contributed by atoms with Gasteiger partial charge in [0, 0.05) is 32.7 Å². The first-order valence-corrected chi connectivity index (χ1v) is 10.3. The fraction of sp³-hybridized carbons (Fsp3) is 0.208. The number of oxazole rings is 1. The largest absolute Gasteiger partial charge is 0.417 e. The summed E-state index contributed by atoms with van der Waals surface area (Å²) < 4.78 is 5.36. The van der Waals surface area contributed by atoms with Gasteiger partial charge >= 0.3 is 5.76 Å². The van der Waals surface area contributed by atoms with Gasteiger partial charge in [-0.2, -0.15) is 0 Å². The van der Waals surface area contributed by atoms with Crippen LogP contribution in [0.15, 0.2) is 75.9 Å². The van der Waals surface area contributed by atoms with E-state index in [4.69, 9.17) is 9.67 Å². The molecule has 31 heavy (non-hydrogen) atoms. The minimum Gasteiger partial charge on any atom is -0.406 e. The van der Waals surface area contributed by atoms with Crippen LogP contribution in [0.3, 0.4) is 0 Å².